The lowest BCUT2D eigenvalue weighted by Gasteiger charge is -2.18. The van der Waals surface area contributed by atoms with E-state index in [4.69, 9.17) is 0 Å². The summed E-state index contributed by atoms with van der Waals surface area (Å²) in [6.45, 7) is 2.47. The first-order valence-electron chi connectivity index (χ1n) is 9.67. The number of urea groups is 1. The van der Waals surface area contributed by atoms with Crippen molar-refractivity contribution >= 4 is 22.6 Å². The molecule has 0 unspecified atom stereocenters. The average Bonchev–Trinajstić information content (AvgIpc) is 3.06. The van der Waals surface area contributed by atoms with E-state index in [2.05, 4.69) is 44.6 Å². The summed E-state index contributed by atoms with van der Waals surface area (Å²) in [5.74, 6) is -0.00180. The number of carbonyl (C=O) groups is 1. The van der Waals surface area contributed by atoms with Gasteiger partial charge >= 0.3 is 6.03 Å². The van der Waals surface area contributed by atoms with Crippen molar-refractivity contribution in [2.75, 3.05) is 11.9 Å². The second-order valence-electron chi connectivity index (χ2n) is 7.26. The smallest absolute Gasteiger partial charge is 0.319 e. The van der Waals surface area contributed by atoms with Crippen LogP contribution in [0.4, 0.5) is 10.5 Å². The Kier molecular flexibility index (Phi) is 5.29. The third-order valence-corrected chi connectivity index (χ3v) is 5.13. The number of para-hydroxylation sites is 1. The summed E-state index contributed by atoms with van der Waals surface area (Å²) in [4.78, 5) is 16.8. The van der Waals surface area contributed by atoms with Crippen LogP contribution in [-0.4, -0.2) is 22.1 Å². The molecule has 2 heterocycles. The van der Waals surface area contributed by atoms with Crippen LogP contribution in [0.5, 0.6) is 0 Å². The Morgan fingerprint density at radius 1 is 1.10 bits per heavy atom. The van der Waals surface area contributed by atoms with Gasteiger partial charge in [0.25, 0.3) is 0 Å². The molecule has 0 aliphatic heterocycles. The third kappa shape index (κ3) is 4.14. The van der Waals surface area contributed by atoms with Gasteiger partial charge in [-0.1, -0.05) is 36.4 Å². The fraction of sp³-hybridized carbons (Fsp3) is 0.167. The second-order valence-corrected chi connectivity index (χ2v) is 7.26. The van der Waals surface area contributed by atoms with Gasteiger partial charge in [0, 0.05) is 54.7 Å². The minimum Gasteiger partial charge on any atom is -0.350 e. The molecule has 0 aliphatic carbocycles. The van der Waals surface area contributed by atoms with Gasteiger partial charge in [-0.3, -0.25) is 4.98 Å². The number of nitrogens with one attached hydrogen (secondary N) is 2. The Morgan fingerprint density at radius 3 is 2.76 bits per heavy atom. The van der Waals surface area contributed by atoms with Gasteiger partial charge in [-0.25, -0.2) is 4.79 Å². The van der Waals surface area contributed by atoms with E-state index in [1.807, 2.05) is 62.6 Å². The molecule has 0 spiro atoms. The molecule has 5 heteroatoms. The Bertz CT molecular complexity index is 1130. The molecule has 4 rings (SSSR count). The van der Waals surface area contributed by atoms with Crippen LogP contribution in [-0.2, 0) is 7.05 Å². The number of anilines is 1. The van der Waals surface area contributed by atoms with Crippen molar-refractivity contribution in [3.8, 4) is 0 Å². The van der Waals surface area contributed by atoms with Crippen molar-refractivity contribution in [3.05, 3.63) is 95.9 Å². The van der Waals surface area contributed by atoms with Crippen LogP contribution >= 0.6 is 0 Å². The number of nitrogens with zero attached hydrogens (tertiary/aromatic N) is 2. The summed E-state index contributed by atoms with van der Waals surface area (Å²) in [6, 6.07) is 19.9. The van der Waals surface area contributed by atoms with Gasteiger partial charge in [-0.05, 0) is 47.9 Å². The lowest BCUT2D eigenvalue weighted by atomic mass is 9.92. The summed E-state index contributed by atoms with van der Waals surface area (Å²) >= 11 is 0. The minimum absolute atomic E-state index is 0.00180. The Labute approximate surface area is 170 Å². The molecule has 2 amide bonds. The number of aromatic nitrogens is 2. The third-order valence-electron chi connectivity index (χ3n) is 5.13. The van der Waals surface area contributed by atoms with Gasteiger partial charge in [-0.2, -0.15) is 0 Å². The molecule has 0 saturated carbocycles. The Balaban J connectivity index is 1.59. The average molecular weight is 384 g/mol. The van der Waals surface area contributed by atoms with Crippen molar-refractivity contribution in [1.82, 2.24) is 14.9 Å². The van der Waals surface area contributed by atoms with Crippen LogP contribution < -0.4 is 10.6 Å². The fourth-order valence-electron chi connectivity index (χ4n) is 3.73. The topological polar surface area (TPSA) is 59.0 Å². The zero-order chi connectivity index (χ0) is 20.2. The molecule has 4 aromatic rings. The van der Waals surface area contributed by atoms with Crippen molar-refractivity contribution in [3.63, 3.8) is 0 Å². The molecule has 5 nitrogen and oxygen atoms in total. The number of aryl methyl sites for hydroxylation is 2. The van der Waals surface area contributed by atoms with E-state index in [1.54, 1.807) is 6.20 Å². The molecular weight excluding hydrogens is 360 g/mol. The van der Waals surface area contributed by atoms with Gasteiger partial charge in [0.1, 0.15) is 0 Å². The van der Waals surface area contributed by atoms with Crippen LogP contribution in [0.2, 0.25) is 0 Å². The summed E-state index contributed by atoms with van der Waals surface area (Å²) in [5, 5.41) is 7.13. The van der Waals surface area contributed by atoms with E-state index in [-0.39, 0.29) is 11.9 Å². The molecule has 2 aromatic carbocycles. The van der Waals surface area contributed by atoms with Gasteiger partial charge in [0.05, 0.1) is 0 Å². The summed E-state index contributed by atoms with van der Waals surface area (Å²) in [7, 11) is 2.05. The number of hydrogen-bond acceptors (Lipinski definition) is 2. The number of carbonyl (C=O) groups excluding carboxylic acids is 1. The van der Waals surface area contributed by atoms with Crippen molar-refractivity contribution in [2.45, 2.75) is 12.8 Å². The molecule has 0 bridgehead atoms. The number of pyridine rings is 1. The molecule has 2 N–H and O–H groups in total. The van der Waals surface area contributed by atoms with E-state index in [9.17, 15) is 4.79 Å². The molecular formula is C24H24N4O. The predicted octanol–water partition coefficient (Wildman–Crippen LogP) is 4.84. The van der Waals surface area contributed by atoms with Crippen molar-refractivity contribution in [2.24, 2.45) is 7.05 Å². The van der Waals surface area contributed by atoms with Crippen molar-refractivity contribution in [1.29, 1.82) is 0 Å². The maximum absolute atomic E-state index is 12.5. The van der Waals surface area contributed by atoms with Crippen LogP contribution in [0.3, 0.4) is 0 Å². The zero-order valence-corrected chi connectivity index (χ0v) is 16.6. The maximum atomic E-state index is 12.5. The molecule has 2 aromatic heterocycles. The molecule has 29 heavy (non-hydrogen) atoms. The first kappa shape index (κ1) is 18.7. The number of amides is 2. The van der Waals surface area contributed by atoms with E-state index < -0.39 is 0 Å². The molecule has 0 aliphatic rings. The Morgan fingerprint density at radius 2 is 1.97 bits per heavy atom. The first-order valence-corrected chi connectivity index (χ1v) is 9.67. The van der Waals surface area contributed by atoms with E-state index in [0.717, 1.165) is 16.8 Å². The fourth-order valence-corrected chi connectivity index (χ4v) is 3.73. The highest BCUT2D eigenvalue weighted by molar-refractivity contribution is 5.89. The van der Waals surface area contributed by atoms with E-state index in [0.29, 0.717) is 6.54 Å². The summed E-state index contributed by atoms with van der Waals surface area (Å²) in [6.07, 6.45) is 5.77. The lowest BCUT2D eigenvalue weighted by molar-refractivity contribution is 0.252. The quantitative estimate of drug-likeness (QED) is 0.517. The van der Waals surface area contributed by atoms with Crippen LogP contribution in [0, 0.1) is 6.92 Å². The van der Waals surface area contributed by atoms with Crippen molar-refractivity contribution < 1.29 is 4.79 Å². The number of rotatable bonds is 5. The van der Waals surface area contributed by atoms with E-state index >= 15 is 0 Å². The van der Waals surface area contributed by atoms with Gasteiger partial charge < -0.3 is 15.2 Å². The Hall–Kier alpha value is -3.60. The highest BCUT2D eigenvalue weighted by atomic mass is 16.2. The van der Waals surface area contributed by atoms with Gasteiger partial charge in [0.15, 0.2) is 0 Å². The summed E-state index contributed by atoms with van der Waals surface area (Å²) in [5.41, 5.74) is 5.30. The highest BCUT2D eigenvalue weighted by Gasteiger charge is 2.20. The molecule has 146 valence electrons. The van der Waals surface area contributed by atoms with Gasteiger partial charge in [0.2, 0.25) is 0 Å². The van der Waals surface area contributed by atoms with E-state index in [1.165, 1.54) is 16.5 Å². The second kappa shape index (κ2) is 8.19. The molecule has 0 saturated heterocycles. The standard InChI is InChI=1S/C24H24N4O/c1-17-7-5-9-19(13-17)27-24(29)26-15-21(18-8-6-12-25-14-18)22-16-28(2)23-11-4-3-10-20(22)23/h3-14,16,21H,15H2,1-2H3,(H2,26,27,29)/t21-/m0/s1. The van der Waals surface area contributed by atoms with Crippen LogP contribution in [0.15, 0.2) is 79.3 Å². The molecule has 0 fully saturated rings. The number of fused-ring (bicyclic) bond motifs is 1. The number of hydrogen-bond donors (Lipinski definition) is 2. The zero-order valence-electron chi connectivity index (χ0n) is 16.6. The summed E-state index contributed by atoms with van der Waals surface area (Å²) < 4.78 is 2.13. The van der Waals surface area contributed by atoms with Crippen LogP contribution in [0.1, 0.15) is 22.6 Å². The normalized spacial score (nSPS) is 11.9. The molecule has 0 radical (unpaired) electrons. The highest BCUT2D eigenvalue weighted by Crippen LogP contribution is 2.31. The van der Waals surface area contributed by atoms with Gasteiger partial charge in [-0.15, -0.1) is 0 Å². The largest absolute Gasteiger partial charge is 0.350 e. The lowest BCUT2D eigenvalue weighted by Crippen LogP contribution is -2.32. The first-order chi connectivity index (χ1) is 14.1. The molecule has 1 atom stereocenters. The minimum atomic E-state index is -0.218. The monoisotopic (exact) mass is 384 g/mol. The predicted molar refractivity (Wildman–Crippen MR) is 117 cm³/mol. The maximum Gasteiger partial charge on any atom is 0.319 e. The van der Waals surface area contributed by atoms with Crippen LogP contribution in [0.25, 0.3) is 10.9 Å². The SMILES string of the molecule is Cc1cccc(NC(=O)NC[C@@H](c2cccnc2)c2cn(C)c3ccccc23)c1. The number of benzene rings is 2.